The van der Waals surface area contributed by atoms with Crippen molar-refractivity contribution in [2.24, 2.45) is 0 Å². The molecule has 0 radical (unpaired) electrons. The van der Waals surface area contributed by atoms with Crippen LogP contribution >= 0.6 is 0 Å². The molecule has 1 aromatic heterocycles. The normalized spacial score (nSPS) is 27.4. The van der Waals surface area contributed by atoms with Gasteiger partial charge in [0.2, 0.25) is 0 Å². The lowest BCUT2D eigenvalue weighted by molar-refractivity contribution is 0.363. The summed E-state index contributed by atoms with van der Waals surface area (Å²) in [4.78, 5) is 0. The third kappa shape index (κ3) is 1.88. The summed E-state index contributed by atoms with van der Waals surface area (Å²) in [6, 6.07) is 3.44. The van der Waals surface area contributed by atoms with E-state index in [9.17, 15) is 0 Å². The van der Waals surface area contributed by atoms with Crippen LogP contribution in [-0.2, 0) is 0 Å². The second kappa shape index (κ2) is 4.58. The molecular weight excluding hydrogens is 198 g/mol. The van der Waals surface area contributed by atoms with Crippen molar-refractivity contribution < 1.29 is 0 Å². The third-order valence-corrected chi connectivity index (χ3v) is 4.04. The molecule has 1 saturated carbocycles. The van der Waals surface area contributed by atoms with Crippen LogP contribution in [0.2, 0.25) is 0 Å². The topological polar surface area (TPSA) is 29.9 Å². The minimum Gasteiger partial charge on any atom is -0.309 e. The predicted octanol–water partition coefficient (Wildman–Crippen LogP) is 2.81. The Kier molecular flexibility index (Phi) is 2.96. The molecule has 2 heterocycles. The van der Waals surface area contributed by atoms with Gasteiger partial charge in [0, 0.05) is 12.2 Å². The number of aromatic nitrogens is 2. The van der Waals surface area contributed by atoms with Gasteiger partial charge in [0.1, 0.15) is 0 Å². The average molecular weight is 219 g/mol. The summed E-state index contributed by atoms with van der Waals surface area (Å²) >= 11 is 0. The molecule has 1 aliphatic carbocycles. The highest BCUT2D eigenvalue weighted by molar-refractivity contribution is 5.09. The van der Waals surface area contributed by atoms with Crippen LogP contribution in [0.5, 0.6) is 0 Å². The Bertz CT molecular complexity index is 333. The van der Waals surface area contributed by atoms with Gasteiger partial charge >= 0.3 is 0 Å². The molecule has 3 heteroatoms. The molecule has 3 nitrogen and oxygen atoms in total. The van der Waals surface area contributed by atoms with Crippen LogP contribution in [-0.4, -0.2) is 16.3 Å². The molecule has 0 aromatic carbocycles. The van der Waals surface area contributed by atoms with Crippen molar-refractivity contribution in [1.29, 1.82) is 0 Å². The van der Waals surface area contributed by atoms with Gasteiger partial charge in [-0.25, -0.2) is 0 Å². The largest absolute Gasteiger partial charge is 0.309 e. The minimum atomic E-state index is 0.553. The van der Waals surface area contributed by atoms with Crippen LogP contribution in [0.4, 0.5) is 0 Å². The smallest absolute Gasteiger partial charge is 0.0556 e. The summed E-state index contributed by atoms with van der Waals surface area (Å²) in [7, 11) is 0. The van der Waals surface area contributed by atoms with Crippen molar-refractivity contribution in [2.75, 3.05) is 6.54 Å². The lowest BCUT2D eigenvalue weighted by atomic mass is 10.0. The zero-order valence-electron chi connectivity index (χ0n) is 9.86. The van der Waals surface area contributed by atoms with E-state index in [0.29, 0.717) is 12.1 Å². The van der Waals surface area contributed by atoms with Crippen LogP contribution in [0, 0.1) is 0 Å². The van der Waals surface area contributed by atoms with Crippen molar-refractivity contribution in [1.82, 2.24) is 15.1 Å². The standard InChI is InChI=1S/C13H21N3/c1-2-6-11(5-1)16-13(8-10-15-16)12-7-3-4-9-14-12/h8,10-12,14H,1-7,9H2/t12-/m0/s1. The van der Waals surface area contributed by atoms with E-state index >= 15 is 0 Å². The van der Waals surface area contributed by atoms with Gasteiger partial charge in [0.25, 0.3) is 0 Å². The number of nitrogens with zero attached hydrogens (tertiary/aromatic N) is 2. The maximum atomic E-state index is 4.55. The molecule has 3 rings (SSSR count). The Morgan fingerprint density at radius 1 is 1.12 bits per heavy atom. The molecule has 0 amide bonds. The second-order valence-corrected chi connectivity index (χ2v) is 5.14. The zero-order valence-corrected chi connectivity index (χ0v) is 9.86. The molecule has 1 atom stereocenters. The van der Waals surface area contributed by atoms with Gasteiger partial charge in [0.15, 0.2) is 0 Å². The van der Waals surface area contributed by atoms with Gasteiger partial charge in [0.05, 0.1) is 11.7 Å². The fraction of sp³-hybridized carbons (Fsp3) is 0.769. The minimum absolute atomic E-state index is 0.553. The van der Waals surface area contributed by atoms with E-state index in [2.05, 4.69) is 21.2 Å². The average Bonchev–Trinajstić information content (AvgIpc) is 3.01. The molecule has 88 valence electrons. The van der Waals surface area contributed by atoms with E-state index in [0.717, 1.165) is 0 Å². The molecular formula is C13H21N3. The summed E-state index contributed by atoms with van der Waals surface area (Å²) in [6.07, 6.45) is 11.3. The van der Waals surface area contributed by atoms with Crippen molar-refractivity contribution in [3.63, 3.8) is 0 Å². The Morgan fingerprint density at radius 3 is 2.69 bits per heavy atom. The highest BCUT2D eigenvalue weighted by Gasteiger charge is 2.24. The number of hydrogen-bond donors (Lipinski definition) is 1. The van der Waals surface area contributed by atoms with Crippen molar-refractivity contribution in [3.8, 4) is 0 Å². The molecule has 0 unspecified atom stereocenters. The maximum absolute atomic E-state index is 4.55. The first-order valence-corrected chi connectivity index (χ1v) is 6.72. The van der Waals surface area contributed by atoms with Gasteiger partial charge in [-0.15, -0.1) is 0 Å². The quantitative estimate of drug-likeness (QED) is 0.829. The first-order valence-electron chi connectivity index (χ1n) is 6.72. The molecule has 2 aliphatic rings. The van der Waals surface area contributed by atoms with Crippen molar-refractivity contribution in [2.45, 2.75) is 57.0 Å². The molecule has 0 bridgehead atoms. The SMILES string of the molecule is c1cc([C@@H]2CCCCN2)n(C2CCCC2)n1. The van der Waals surface area contributed by atoms with Gasteiger partial charge < -0.3 is 5.32 Å². The zero-order chi connectivity index (χ0) is 10.8. The van der Waals surface area contributed by atoms with E-state index in [1.807, 2.05) is 6.20 Å². The highest BCUT2D eigenvalue weighted by atomic mass is 15.3. The van der Waals surface area contributed by atoms with Crippen LogP contribution in [0.1, 0.15) is 62.7 Å². The number of hydrogen-bond acceptors (Lipinski definition) is 2. The molecule has 2 fully saturated rings. The monoisotopic (exact) mass is 219 g/mol. The van der Waals surface area contributed by atoms with Crippen molar-refractivity contribution >= 4 is 0 Å². The Morgan fingerprint density at radius 2 is 1.94 bits per heavy atom. The first-order chi connectivity index (χ1) is 7.95. The highest BCUT2D eigenvalue weighted by Crippen LogP contribution is 2.32. The Balaban J connectivity index is 1.80. The van der Waals surface area contributed by atoms with E-state index in [1.165, 1.54) is 57.2 Å². The molecule has 1 N–H and O–H groups in total. The summed E-state index contributed by atoms with van der Waals surface area (Å²) in [5.41, 5.74) is 1.42. The molecule has 1 aromatic rings. The lowest BCUT2D eigenvalue weighted by Gasteiger charge is -2.26. The second-order valence-electron chi connectivity index (χ2n) is 5.14. The van der Waals surface area contributed by atoms with Crippen LogP contribution in [0.15, 0.2) is 12.3 Å². The van der Waals surface area contributed by atoms with E-state index in [-0.39, 0.29) is 0 Å². The molecule has 1 aliphatic heterocycles. The van der Waals surface area contributed by atoms with E-state index in [4.69, 9.17) is 0 Å². The lowest BCUT2D eigenvalue weighted by Crippen LogP contribution is -2.29. The Labute approximate surface area is 97.2 Å². The third-order valence-electron chi connectivity index (χ3n) is 4.04. The van der Waals surface area contributed by atoms with E-state index in [1.54, 1.807) is 0 Å². The predicted molar refractivity (Wildman–Crippen MR) is 64.3 cm³/mol. The van der Waals surface area contributed by atoms with Gasteiger partial charge in [-0.1, -0.05) is 19.3 Å². The summed E-state index contributed by atoms with van der Waals surface area (Å²) in [6.45, 7) is 1.17. The van der Waals surface area contributed by atoms with Gasteiger partial charge in [-0.05, 0) is 38.3 Å². The van der Waals surface area contributed by atoms with Crippen LogP contribution < -0.4 is 5.32 Å². The fourth-order valence-electron chi connectivity index (χ4n) is 3.16. The van der Waals surface area contributed by atoms with E-state index < -0.39 is 0 Å². The van der Waals surface area contributed by atoms with Gasteiger partial charge in [-0.2, -0.15) is 5.10 Å². The fourth-order valence-corrected chi connectivity index (χ4v) is 3.16. The Hall–Kier alpha value is -0.830. The molecule has 16 heavy (non-hydrogen) atoms. The summed E-state index contributed by atoms with van der Waals surface area (Å²) < 4.78 is 2.30. The maximum Gasteiger partial charge on any atom is 0.0556 e. The summed E-state index contributed by atoms with van der Waals surface area (Å²) in [5, 5.41) is 8.17. The van der Waals surface area contributed by atoms with Gasteiger partial charge in [-0.3, -0.25) is 4.68 Å². The number of piperidine rings is 1. The van der Waals surface area contributed by atoms with Crippen molar-refractivity contribution in [3.05, 3.63) is 18.0 Å². The first kappa shape index (κ1) is 10.3. The molecule has 0 spiro atoms. The molecule has 1 saturated heterocycles. The van der Waals surface area contributed by atoms with Crippen LogP contribution in [0.3, 0.4) is 0 Å². The number of nitrogens with one attached hydrogen (secondary N) is 1. The number of rotatable bonds is 2. The van der Waals surface area contributed by atoms with Crippen LogP contribution in [0.25, 0.3) is 0 Å². The summed E-state index contributed by atoms with van der Waals surface area (Å²) in [5.74, 6) is 0.